The summed E-state index contributed by atoms with van der Waals surface area (Å²) in [7, 11) is 1.37. The lowest BCUT2D eigenvalue weighted by molar-refractivity contribution is -0.145. The van der Waals surface area contributed by atoms with Crippen LogP contribution in [-0.2, 0) is 14.3 Å². The maximum Gasteiger partial charge on any atom is 0.315 e. The van der Waals surface area contributed by atoms with Crippen molar-refractivity contribution in [3.8, 4) is 0 Å². The van der Waals surface area contributed by atoms with E-state index in [1.807, 2.05) is 6.92 Å². The molecule has 0 bridgehead atoms. The van der Waals surface area contributed by atoms with Crippen LogP contribution in [0.5, 0.6) is 0 Å². The van der Waals surface area contributed by atoms with E-state index in [1.54, 1.807) is 6.92 Å². The molecule has 0 spiro atoms. The first-order chi connectivity index (χ1) is 5.63. The molecule has 1 atom stereocenters. The highest BCUT2D eigenvalue weighted by molar-refractivity contribution is 5.75. The molecule has 12 heavy (non-hydrogen) atoms. The molecule has 70 valence electrons. The van der Waals surface area contributed by atoms with Crippen molar-refractivity contribution in [2.24, 2.45) is 5.92 Å². The molecule has 0 saturated carbocycles. The number of hydrogen-bond acceptors (Lipinski definition) is 3. The fourth-order valence-corrected chi connectivity index (χ4v) is 0.789. The molecule has 0 N–H and O–H groups in total. The second-order valence-corrected chi connectivity index (χ2v) is 2.58. The summed E-state index contributed by atoms with van der Waals surface area (Å²) >= 11 is 0. The van der Waals surface area contributed by atoms with Gasteiger partial charge >= 0.3 is 5.97 Å². The molecule has 0 aliphatic heterocycles. The van der Waals surface area contributed by atoms with E-state index >= 15 is 0 Å². The van der Waals surface area contributed by atoms with Crippen molar-refractivity contribution in [3.63, 3.8) is 0 Å². The molecule has 0 amide bonds. The van der Waals surface area contributed by atoms with Crippen LogP contribution in [0.3, 0.4) is 0 Å². The van der Waals surface area contributed by atoms with Crippen molar-refractivity contribution >= 4 is 5.97 Å². The lowest BCUT2D eigenvalue weighted by Gasteiger charge is -2.13. The molecule has 1 unspecified atom stereocenters. The average Bonchev–Trinajstić information content (AvgIpc) is 2.04. The Labute approximate surface area is 73.4 Å². The van der Waals surface area contributed by atoms with Gasteiger partial charge in [-0.15, -0.1) is 0 Å². The molecule has 0 aliphatic rings. The summed E-state index contributed by atoms with van der Waals surface area (Å²) in [6.07, 6.45) is 0. The van der Waals surface area contributed by atoms with Gasteiger partial charge in [0.2, 0.25) is 0 Å². The molecule has 0 aromatic heterocycles. The molecule has 0 heterocycles. The number of esters is 1. The lowest BCUT2D eigenvalue weighted by atomic mass is 10.0. The Hall–Kier alpha value is -0.830. The van der Waals surface area contributed by atoms with E-state index in [4.69, 9.17) is 4.74 Å². The molecular weight excluding hydrogens is 156 g/mol. The fraction of sp³-hybridized carbons (Fsp3) is 0.667. The van der Waals surface area contributed by atoms with E-state index in [0.717, 1.165) is 5.57 Å². The third kappa shape index (κ3) is 3.53. The topological polar surface area (TPSA) is 35.5 Å². The summed E-state index contributed by atoms with van der Waals surface area (Å²) in [5, 5.41) is 0. The normalized spacial score (nSPS) is 12.2. The van der Waals surface area contributed by atoms with Crippen molar-refractivity contribution < 1.29 is 14.3 Å². The molecule has 3 nitrogen and oxygen atoms in total. The van der Waals surface area contributed by atoms with Crippen LogP contribution in [0.2, 0.25) is 0 Å². The molecule has 0 fully saturated rings. The maximum atomic E-state index is 11.1. The average molecular weight is 172 g/mol. The van der Waals surface area contributed by atoms with Gasteiger partial charge in [0, 0.05) is 6.61 Å². The van der Waals surface area contributed by atoms with E-state index in [2.05, 4.69) is 11.3 Å². The molecule has 0 saturated heterocycles. The highest BCUT2D eigenvalue weighted by atomic mass is 16.5. The van der Waals surface area contributed by atoms with Crippen LogP contribution in [0.4, 0.5) is 0 Å². The van der Waals surface area contributed by atoms with E-state index in [-0.39, 0.29) is 11.9 Å². The third-order valence-corrected chi connectivity index (χ3v) is 1.57. The molecule has 0 aromatic rings. The predicted octanol–water partition coefficient (Wildman–Crippen LogP) is 1.39. The van der Waals surface area contributed by atoms with E-state index in [0.29, 0.717) is 13.2 Å². The van der Waals surface area contributed by atoms with Gasteiger partial charge in [0.25, 0.3) is 0 Å². The third-order valence-electron chi connectivity index (χ3n) is 1.57. The first-order valence-corrected chi connectivity index (χ1v) is 3.94. The largest absolute Gasteiger partial charge is 0.468 e. The minimum absolute atomic E-state index is 0.282. The predicted molar refractivity (Wildman–Crippen MR) is 46.8 cm³/mol. The molecule has 0 rings (SSSR count). The van der Waals surface area contributed by atoms with Crippen molar-refractivity contribution in [3.05, 3.63) is 12.2 Å². The summed E-state index contributed by atoms with van der Waals surface area (Å²) in [6.45, 7) is 8.33. The Morgan fingerprint density at radius 2 is 2.17 bits per heavy atom. The highest BCUT2D eigenvalue weighted by Crippen LogP contribution is 2.10. The van der Waals surface area contributed by atoms with Crippen LogP contribution >= 0.6 is 0 Å². The number of carbonyl (C=O) groups is 1. The standard InChI is InChI=1S/C9H16O3/c1-5-12-6-8(7(2)3)9(10)11-4/h8H,2,5-6H2,1,3-4H3. The molecule has 3 heteroatoms. The first kappa shape index (κ1) is 11.2. The number of carbonyl (C=O) groups excluding carboxylic acids is 1. The molecule has 0 radical (unpaired) electrons. The van der Waals surface area contributed by atoms with E-state index in [9.17, 15) is 4.79 Å². The fourth-order valence-electron chi connectivity index (χ4n) is 0.789. The summed E-state index contributed by atoms with van der Waals surface area (Å²) in [5.74, 6) is -0.606. The smallest absolute Gasteiger partial charge is 0.315 e. The van der Waals surface area contributed by atoms with Gasteiger partial charge in [0.05, 0.1) is 13.7 Å². The Balaban J connectivity index is 4.04. The Bertz CT molecular complexity index is 163. The van der Waals surface area contributed by atoms with Crippen molar-refractivity contribution in [1.82, 2.24) is 0 Å². The molecule has 0 aromatic carbocycles. The monoisotopic (exact) mass is 172 g/mol. The van der Waals surface area contributed by atoms with Crippen LogP contribution in [0.1, 0.15) is 13.8 Å². The van der Waals surface area contributed by atoms with Gasteiger partial charge in [-0.25, -0.2) is 0 Å². The van der Waals surface area contributed by atoms with Gasteiger partial charge in [-0.3, -0.25) is 4.79 Å². The summed E-state index contributed by atoms with van der Waals surface area (Å²) in [6, 6.07) is 0. The van der Waals surface area contributed by atoms with Crippen LogP contribution < -0.4 is 0 Å². The highest BCUT2D eigenvalue weighted by Gasteiger charge is 2.19. The van der Waals surface area contributed by atoms with Crippen LogP contribution in [0.15, 0.2) is 12.2 Å². The number of methoxy groups -OCH3 is 1. The Morgan fingerprint density at radius 1 is 1.58 bits per heavy atom. The zero-order valence-corrected chi connectivity index (χ0v) is 7.92. The summed E-state index contributed by atoms with van der Waals surface area (Å²) < 4.78 is 9.71. The van der Waals surface area contributed by atoms with Crippen LogP contribution in [0, 0.1) is 5.92 Å². The SMILES string of the molecule is C=C(C)C(COCC)C(=O)OC. The van der Waals surface area contributed by atoms with Crippen molar-refractivity contribution in [2.45, 2.75) is 13.8 Å². The van der Waals surface area contributed by atoms with Crippen LogP contribution in [0.25, 0.3) is 0 Å². The Morgan fingerprint density at radius 3 is 2.50 bits per heavy atom. The Kier molecular flexibility index (Phi) is 5.37. The van der Waals surface area contributed by atoms with Gasteiger partial charge in [-0.1, -0.05) is 12.2 Å². The summed E-state index contributed by atoms with van der Waals surface area (Å²) in [4.78, 5) is 11.1. The van der Waals surface area contributed by atoms with Crippen molar-refractivity contribution in [2.75, 3.05) is 20.3 Å². The van der Waals surface area contributed by atoms with E-state index < -0.39 is 0 Å². The maximum absolute atomic E-state index is 11.1. The van der Waals surface area contributed by atoms with Crippen LogP contribution in [-0.4, -0.2) is 26.3 Å². The van der Waals surface area contributed by atoms with Gasteiger partial charge in [0.1, 0.15) is 5.92 Å². The second-order valence-electron chi connectivity index (χ2n) is 2.58. The minimum atomic E-state index is -0.324. The van der Waals surface area contributed by atoms with Gasteiger partial charge in [0.15, 0.2) is 0 Å². The van der Waals surface area contributed by atoms with Crippen molar-refractivity contribution in [1.29, 1.82) is 0 Å². The lowest BCUT2D eigenvalue weighted by Crippen LogP contribution is -2.22. The molecule has 0 aliphatic carbocycles. The zero-order chi connectivity index (χ0) is 9.56. The summed E-state index contributed by atoms with van der Waals surface area (Å²) in [5.41, 5.74) is 0.773. The number of hydrogen-bond donors (Lipinski definition) is 0. The van der Waals surface area contributed by atoms with Gasteiger partial charge < -0.3 is 9.47 Å². The van der Waals surface area contributed by atoms with E-state index in [1.165, 1.54) is 7.11 Å². The molecular formula is C9H16O3. The minimum Gasteiger partial charge on any atom is -0.468 e. The second kappa shape index (κ2) is 5.77. The first-order valence-electron chi connectivity index (χ1n) is 3.94. The van der Waals surface area contributed by atoms with Gasteiger partial charge in [-0.05, 0) is 13.8 Å². The zero-order valence-electron chi connectivity index (χ0n) is 7.92. The van der Waals surface area contributed by atoms with Gasteiger partial charge in [-0.2, -0.15) is 0 Å². The quantitative estimate of drug-likeness (QED) is 0.464. The number of ether oxygens (including phenoxy) is 2. The number of rotatable bonds is 5.